The Morgan fingerprint density at radius 3 is 2.71 bits per heavy atom. The summed E-state index contributed by atoms with van der Waals surface area (Å²) < 4.78 is 15.2. The van der Waals surface area contributed by atoms with E-state index >= 15 is 0 Å². The number of benzene rings is 1. The number of likely N-dealkylation sites (tertiary alicyclic amines) is 1. The van der Waals surface area contributed by atoms with Crippen molar-refractivity contribution < 1.29 is 9.18 Å². The molecule has 2 aliphatic rings. The third kappa shape index (κ3) is 2.72. The number of carbonyl (C=O) groups is 1. The lowest BCUT2D eigenvalue weighted by Gasteiger charge is -2.36. The van der Waals surface area contributed by atoms with Gasteiger partial charge in [0.15, 0.2) is 0 Å². The zero-order chi connectivity index (χ0) is 16.5. The first kappa shape index (κ1) is 15.4. The Morgan fingerprint density at radius 2 is 1.88 bits per heavy atom. The van der Waals surface area contributed by atoms with Crippen LogP contribution < -0.4 is 0 Å². The van der Waals surface area contributed by atoms with E-state index < -0.39 is 0 Å². The van der Waals surface area contributed by atoms with Crippen LogP contribution in [0.1, 0.15) is 59.8 Å². The number of hydrogen-bond donors (Lipinski definition) is 0. The van der Waals surface area contributed by atoms with Gasteiger partial charge in [0.25, 0.3) is 5.91 Å². The molecule has 1 amide bonds. The Labute approximate surface area is 141 Å². The zero-order valence-electron chi connectivity index (χ0n) is 13.7. The molecule has 0 saturated carbocycles. The lowest BCUT2D eigenvalue weighted by molar-refractivity contribution is 0.0610. The molecule has 3 heterocycles. The highest BCUT2D eigenvalue weighted by molar-refractivity contribution is 5.95. The van der Waals surface area contributed by atoms with Crippen molar-refractivity contribution in [3.63, 3.8) is 0 Å². The number of carbonyl (C=O) groups excluding carboxylic acids is 1. The summed E-state index contributed by atoms with van der Waals surface area (Å²) in [5.41, 5.74) is 2.85. The van der Waals surface area contributed by atoms with E-state index in [1.54, 1.807) is 18.3 Å². The summed E-state index contributed by atoms with van der Waals surface area (Å²) in [6.45, 7) is 1.66. The second kappa shape index (κ2) is 6.38. The van der Waals surface area contributed by atoms with Crippen molar-refractivity contribution in [2.75, 3.05) is 6.54 Å². The van der Waals surface area contributed by atoms with E-state index in [1.165, 1.54) is 12.1 Å². The zero-order valence-corrected chi connectivity index (χ0v) is 13.7. The summed E-state index contributed by atoms with van der Waals surface area (Å²) in [5, 5.41) is 4.40. The minimum Gasteiger partial charge on any atom is -0.332 e. The van der Waals surface area contributed by atoms with Gasteiger partial charge in [-0.25, -0.2) is 4.39 Å². The number of halogens is 1. The molecule has 1 aromatic heterocycles. The summed E-state index contributed by atoms with van der Waals surface area (Å²) in [5.74, 6) is -0.162. The molecular formula is C19H22FN3O. The van der Waals surface area contributed by atoms with Crippen LogP contribution in [0.5, 0.6) is 0 Å². The first-order valence-corrected chi connectivity index (χ1v) is 8.85. The topological polar surface area (TPSA) is 38.1 Å². The lowest BCUT2D eigenvalue weighted by atomic mass is 9.94. The average molecular weight is 327 g/mol. The number of aryl methyl sites for hydroxylation is 1. The van der Waals surface area contributed by atoms with Crippen molar-refractivity contribution in [1.82, 2.24) is 14.7 Å². The Hall–Kier alpha value is -2.17. The molecule has 4 rings (SSSR count). The third-order valence-electron chi connectivity index (χ3n) is 5.23. The Morgan fingerprint density at radius 1 is 1.08 bits per heavy atom. The number of nitrogens with zero attached hydrogens (tertiary/aromatic N) is 3. The molecule has 5 heteroatoms. The fourth-order valence-electron chi connectivity index (χ4n) is 3.96. The highest BCUT2D eigenvalue weighted by Gasteiger charge is 2.31. The van der Waals surface area contributed by atoms with Gasteiger partial charge in [-0.3, -0.25) is 9.48 Å². The van der Waals surface area contributed by atoms with Gasteiger partial charge in [0.05, 0.1) is 23.5 Å². The molecule has 0 aliphatic carbocycles. The van der Waals surface area contributed by atoms with Crippen LogP contribution in [0.2, 0.25) is 0 Å². The Bertz CT molecular complexity index is 738. The Kier molecular flexibility index (Phi) is 4.08. The maximum Gasteiger partial charge on any atom is 0.257 e. The predicted molar refractivity (Wildman–Crippen MR) is 89.2 cm³/mol. The van der Waals surface area contributed by atoms with E-state index in [-0.39, 0.29) is 17.8 Å². The van der Waals surface area contributed by atoms with E-state index in [9.17, 15) is 9.18 Å². The van der Waals surface area contributed by atoms with Crippen LogP contribution >= 0.6 is 0 Å². The van der Waals surface area contributed by atoms with E-state index in [0.717, 1.165) is 68.4 Å². The predicted octanol–water partition coefficient (Wildman–Crippen LogP) is 3.73. The molecule has 126 valence electrons. The number of rotatable bonds is 2. The minimum absolute atomic E-state index is 0.0333. The monoisotopic (exact) mass is 327 g/mol. The first-order chi connectivity index (χ1) is 11.7. The van der Waals surface area contributed by atoms with Gasteiger partial charge in [-0.15, -0.1) is 0 Å². The number of piperidine rings is 1. The summed E-state index contributed by atoms with van der Waals surface area (Å²) in [6, 6.07) is 6.60. The van der Waals surface area contributed by atoms with E-state index in [2.05, 4.69) is 5.10 Å². The largest absolute Gasteiger partial charge is 0.332 e. The van der Waals surface area contributed by atoms with E-state index in [4.69, 9.17) is 0 Å². The summed E-state index contributed by atoms with van der Waals surface area (Å²) in [4.78, 5) is 15.1. The second-order valence-electron chi connectivity index (χ2n) is 6.75. The molecule has 0 bridgehead atoms. The molecule has 0 spiro atoms. The van der Waals surface area contributed by atoms with Crippen molar-refractivity contribution in [2.24, 2.45) is 0 Å². The van der Waals surface area contributed by atoms with Crippen molar-refractivity contribution in [3.8, 4) is 0 Å². The smallest absolute Gasteiger partial charge is 0.257 e. The molecule has 24 heavy (non-hydrogen) atoms. The van der Waals surface area contributed by atoms with Gasteiger partial charge in [0.1, 0.15) is 5.82 Å². The van der Waals surface area contributed by atoms with Gasteiger partial charge in [-0.1, -0.05) is 12.1 Å². The van der Waals surface area contributed by atoms with Gasteiger partial charge in [0.2, 0.25) is 0 Å². The minimum atomic E-state index is -0.238. The standard InChI is InChI=1S/C19H22FN3O/c20-15-9-7-14(8-10-15)17-5-1-3-11-22(17)19(24)16-13-21-23-12-4-2-6-18(16)23/h7-10,13,17H,1-6,11-12H2. The summed E-state index contributed by atoms with van der Waals surface area (Å²) >= 11 is 0. The molecule has 0 N–H and O–H groups in total. The molecule has 1 saturated heterocycles. The lowest BCUT2D eigenvalue weighted by Crippen LogP contribution is -2.39. The van der Waals surface area contributed by atoms with E-state index in [0.29, 0.717) is 0 Å². The molecule has 1 fully saturated rings. The molecule has 4 nitrogen and oxygen atoms in total. The number of fused-ring (bicyclic) bond motifs is 1. The van der Waals surface area contributed by atoms with Crippen LogP contribution in [-0.2, 0) is 13.0 Å². The molecular weight excluding hydrogens is 305 g/mol. The molecule has 0 radical (unpaired) electrons. The van der Waals surface area contributed by atoms with Gasteiger partial charge in [-0.05, 0) is 56.2 Å². The van der Waals surface area contributed by atoms with Gasteiger partial charge in [0, 0.05) is 13.1 Å². The van der Waals surface area contributed by atoms with Crippen molar-refractivity contribution in [2.45, 2.75) is 51.1 Å². The van der Waals surface area contributed by atoms with Crippen molar-refractivity contribution in [1.29, 1.82) is 0 Å². The molecule has 1 unspecified atom stereocenters. The number of aromatic nitrogens is 2. The van der Waals surface area contributed by atoms with Crippen LogP contribution in [0.25, 0.3) is 0 Å². The summed E-state index contributed by atoms with van der Waals surface area (Å²) in [7, 11) is 0. The SMILES string of the molecule is O=C(c1cnn2c1CCCC2)N1CCCCC1c1ccc(F)cc1. The quantitative estimate of drug-likeness (QED) is 0.843. The maximum absolute atomic E-state index is 13.2. The first-order valence-electron chi connectivity index (χ1n) is 8.85. The average Bonchev–Trinajstić information content (AvgIpc) is 3.06. The van der Waals surface area contributed by atoms with Gasteiger partial charge < -0.3 is 4.90 Å². The van der Waals surface area contributed by atoms with Crippen LogP contribution in [0.3, 0.4) is 0 Å². The van der Waals surface area contributed by atoms with Crippen molar-refractivity contribution >= 4 is 5.91 Å². The molecule has 2 aromatic rings. The van der Waals surface area contributed by atoms with Crippen LogP contribution in [0.4, 0.5) is 4.39 Å². The third-order valence-corrected chi connectivity index (χ3v) is 5.23. The second-order valence-corrected chi connectivity index (χ2v) is 6.75. The van der Waals surface area contributed by atoms with Crippen LogP contribution in [-0.4, -0.2) is 27.1 Å². The van der Waals surface area contributed by atoms with Crippen LogP contribution in [0, 0.1) is 5.82 Å². The molecule has 1 aromatic carbocycles. The van der Waals surface area contributed by atoms with Crippen molar-refractivity contribution in [3.05, 3.63) is 53.1 Å². The summed E-state index contributed by atoms with van der Waals surface area (Å²) in [6.07, 6.45) is 7.96. The highest BCUT2D eigenvalue weighted by atomic mass is 19.1. The normalized spacial score (nSPS) is 20.7. The van der Waals surface area contributed by atoms with E-state index in [1.807, 2.05) is 9.58 Å². The van der Waals surface area contributed by atoms with Gasteiger partial charge in [-0.2, -0.15) is 5.10 Å². The fourth-order valence-corrected chi connectivity index (χ4v) is 3.96. The maximum atomic E-state index is 13.2. The highest BCUT2D eigenvalue weighted by Crippen LogP contribution is 2.33. The fraction of sp³-hybridized carbons (Fsp3) is 0.474. The Balaban J connectivity index is 1.64. The van der Waals surface area contributed by atoms with Crippen LogP contribution in [0.15, 0.2) is 30.5 Å². The number of hydrogen-bond acceptors (Lipinski definition) is 2. The van der Waals surface area contributed by atoms with Gasteiger partial charge >= 0.3 is 0 Å². The molecule has 2 aliphatic heterocycles. The molecule has 1 atom stereocenters. The number of amides is 1.